The van der Waals surface area contributed by atoms with Crippen molar-refractivity contribution in [2.45, 2.75) is 130 Å². The normalized spacial score (nSPS) is 12.2. The molecule has 32 heavy (non-hydrogen) atoms. The maximum absolute atomic E-state index is 11.8. The van der Waals surface area contributed by atoms with Gasteiger partial charge in [0.2, 0.25) is 0 Å². The molecule has 0 heterocycles. The van der Waals surface area contributed by atoms with Crippen LogP contribution in [-0.2, 0) is 14.3 Å². The van der Waals surface area contributed by atoms with E-state index in [-0.39, 0.29) is 30.4 Å². The van der Waals surface area contributed by atoms with Gasteiger partial charge < -0.3 is 14.4 Å². The van der Waals surface area contributed by atoms with Crippen molar-refractivity contribution in [3.8, 4) is 0 Å². The molecule has 194 valence electrons. The van der Waals surface area contributed by atoms with Crippen LogP contribution in [0.2, 0.25) is 0 Å². The molecule has 0 radical (unpaired) electrons. The molecular weight excluding hydrogens is 422 g/mol. The first-order valence-corrected chi connectivity index (χ1v) is 13.4. The maximum Gasteiger partial charge on any atom is 0.308 e. The zero-order chi connectivity index (χ0) is 23.2. The van der Waals surface area contributed by atoms with Crippen LogP contribution in [0.5, 0.6) is 0 Å². The number of ether oxygens (including phenoxy) is 2. The average molecular weight is 478 g/mol. The second kappa shape index (κ2) is 25.3. The first kappa shape index (κ1) is 33.9. The van der Waals surface area contributed by atoms with Crippen LogP contribution in [-0.4, -0.2) is 50.8 Å². The van der Waals surface area contributed by atoms with Gasteiger partial charge in [0.05, 0.1) is 12.5 Å². The van der Waals surface area contributed by atoms with Gasteiger partial charge in [0, 0.05) is 13.2 Å². The van der Waals surface area contributed by atoms with Crippen molar-refractivity contribution in [3.05, 3.63) is 0 Å². The summed E-state index contributed by atoms with van der Waals surface area (Å²) in [5, 5.41) is 0. The molecule has 0 fully saturated rings. The standard InChI is InChI=1S/C27H55NO3.ClH/c1-6-7-8-9-10-11-12-13-14-15-16-17-18-19-20-21-22-30-24-26(23-28(4)5)31-27(29)25(2)3;/h25-26H,6-24H2,1-5H3;1H. The molecule has 5 heteroatoms. The van der Waals surface area contributed by atoms with E-state index >= 15 is 0 Å². The van der Waals surface area contributed by atoms with Crippen molar-refractivity contribution in [2.75, 3.05) is 33.9 Å². The van der Waals surface area contributed by atoms with Crippen molar-refractivity contribution in [3.63, 3.8) is 0 Å². The number of esters is 1. The zero-order valence-corrected chi connectivity index (χ0v) is 23.0. The fourth-order valence-corrected chi connectivity index (χ4v) is 3.80. The highest BCUT2D eigenvalue weighted by molar-refractivity contribution is 5.85. The molecule has 1 atom stereocenters. The summed E-state index contributed by atoms with van der Waals surface area (Å²) in [6.45, 7) is 7.99. The molecule has 0 saturated heterocycles. The largest absolute Gasteiger partial charge is 0.458 e. The van der Waals surface area contributed by atoms with Gasteiger partial charge in [-0.3, -0.25) is 4.79 Å². The van der Waals surface area contributed by atoms with Gasteiger partial charge in [-0.2, -0.15) is 0 Å². The Morgan fingerprint density at radius 1 is 0.719 bits per heavy atom. The Labute approximate surface area is 207 Å². The van der Waals surface area contributed by atoms with E-state index in [0.717, 1.165) is 13.0 Å². The Morgan fingerprint density at radius 3 is 1.50 bits per heavy atom. The lowest BCUT2D eigenvalue weighted by Crippen LogP contribution is -2.35. The van der Waals surface area contributed by atoms with Crippen molar-refractivity contribution >= 4 is 18.4 Å². The lowest BCUT2D eigenvalue weighted by molar-refractivity contribution is -0.156. The molecule has 0 aliphatic rings. The Morgan fingerprint density at radius 2 is 1.12 bits per heavy atom. The number of hydrogen-bond donors (Lipinski definition) is 0. The quantitative estimate of drug-likeness (QED) is 0.111. The Hall–Kier alpha value is -0.320. The topological polar surface area (TPSA) is 38.8 Å². The lowest BCUT2D eigenvalue weighted by Gasteiger charge is -2.22. The lowest BCUT2D eigenvalue weighted by atomic mass is 10.0. The van der Waals surface area contributed by atoms with Crippen LogP contribution in [0, 0.1) is 5.92 Å². The summed E-state index contributed by atoms with van der Waals surface area (Å²) in [5.74, 6) is -0.233. The number of unbranched alkanes of at least 4 members (excludes halogenated alkanes) is 15. The summed E-state index contributed by atoms with van der Waals surface area (Å²) in [5.41, 5.74) is 0. The minimum atomic E-state index is -0.175. The van der Waals surface area contributed by atoms with Gasteiger partial charge in [-0.15, -0.1) is 12.4 Å². The molecule has 0 N–H and O–H groups in total. The number of rotatable bonds is 23. The number of likely N-dealkylation sites (N-methyl/N-ethyl adjacent to an activating group) is 1. The third-order valence-electron chi connectivity index (χ3n) is 5.77. The summed E-state index contributed by atoms with van der Waals surface area (Å²) in [6, 6.07) is 0. The highest BCUT2D eigenvalue weighted by atomic mass is 35.5. The predicted octanol–water partition coefficient (Wildman–Crippen LogP) is 7.82. The minimum Gasteiger partial charge on any atom is -0.458 e. The molecule has 0 aliphatic heterocycles. The summed E-state index contributed by atoms with van der Waals surface area (Å²) in [4.78, 5) is 13.9. The van der Waals surface area contributed by atoms with Gasteiger partial charge in [-0.05, 0) is 20.5 Å². The van der Waals surface area contributed by atoms with E-state index in [1.807, 2.05) is 32.8 Å². The zero-order valence-electron chi connectivity index (χ0n) is 22.2. The van der Waals surface area contributed by atoms with E-state index in [0.29, 0.717) is 13.2 Å². The molecule has 0 bridgehead atoms. The number of nitrogens with zero attached hydrogens (tertiary/aromatic N) is 1. The van der Waals surface area contributed by atoms with Crippen LogP contribution < -0.4 is 0 Å². The number of hydrogen-bond acceptors (Lipinski definition) is 4. The van der Waals surface area contributed by atoms with Gasteiger partial charge in [0.15, 0.2) is 0 Å². The number of halogens is 1. The smallest absolute Gasteiger partial charge is 0.308 e. The first-order valence-electron chi connectivity index (χ1n) is 13.4. The molecule has 1 unspecified atom stereocenters. The minimum absolute atomic E-state index is 0. The molecule has 0 spiro atoms. The van der Waals surface area contributed by atoms with Crippen molar-refractivity contribution in [1.29, 1.82) is 0 Å². The molecular formula is C27H56ClNO3. The molecule has 0 aromatic rings. The van der Waals surface area contributed by atoms with E-state index in [4.69, 9.17) is 9.47 Å². The van der Waals surface area contributed by atoms with Gasteiger partial charge in [-0.1, -0.05) is 117 Å². The van der Waals surface area contributed by atoms with Gasteiger partial charge in [0.1, 0.15) is 6.10 Å². The van der Waals surface area contributed by atoms with Crippen LogP contribution in [0.3, 0.4) is 0 Å². The highest BCUT2D eigenvalue weighted by Crippen LogP contribution is 2.13. The predicted molar refractivity (Wildman–Crippen MR) is 141 cm³/mol. The van der Waals surface area contributed by atoms with Crippen LogP contribution >= 0.6 is 12.4 Å². The van der Waals surface area contributed by atoms with Gasteiger partial charge in [0.25, 0.3) is 0 Å². The summed E-state index contributed by atoms with van der Waals surface area (Å²) in [6.07, 6.45) is 21.9. The van der Waals surface area contributed by atoms with Crippen molar-refractivity contribution < 1.29 is 14.3 Å². The Balaban J connectivity index is 0. The fraction of sp³-hybridized carbons (Fsp3) is 0.963. The second-order valence-electron chi connectivity index (χ2n) is 9.85. The van der Waals surface area contributed by atoms with E-state index in [1.165, 1.54) is 96.3 Å². The third kappa shape index (κ3) is 24.3. The summed E-state index contributed by atoms with van der Waals surface area (Å²) in [7, 11) is 3.98. The van der Waals surface area contributed by atoms with E-state index < -0.39 is 0 Å². The maximum atomic E-state index is 11.8. The monoisotopic (exact) mass is 477 g/mol. The van der Waals surface area contributed by atoms with Crippen LogP contribution in [0.1, 0.15) is 124 Å². The van der Waals surface area contributed by atoms with Gasteiger partial charge >= 0.3 is 5.97 Å². The second-order valence-corrected chi connectivity index (χ2v) is 9.85. The fourth-order valence-electron chi connectivity index (χ4n) is 3.80. The third-order valence-corrected chi connectivity index (χ3v) is 5.77. The molecule has 4 nitrogen and oxygen atoms in total. The van der Waals surface area contributed by atoms with Crippen LogP contribution in [0.4, 0.5) is 0 Å². The van der Waals surface area contributed by atoms with Crippen LogP contribution in [0.25, 0.3) is 0 Å². The summed E-state index contributed by atoms with van der Waals surface area (Å²) >= 11 is 0. The Kier molecular flexibility index (Phi) is 26.8. The summed E-state index contributed by atoms with van der Waals surface area (Å²) < 4.78 is 11.3. The molecule has 0 amide bonds. The Bertz CT molecular complexity index is 391. The average Bonchev–Trinajstić information content (AvgIpc) is 2.72. The SMILES string of the molecule is CCCCCCCCCCCCCCCCCCOCC(CN(C)C)OC(=O)C(C)C.Cl. The molecule has 0 aliphatic carbocycles. The van der Waals surface area contributed by atoms with Crippen molar-refractivity contribution in [2.24, 2.45) is 5.92 Å². The first-order chi connectivity index (χ1) is 15.0. The highest BCUT2D eigenvalue weighted by Gasteiger charge is 2.18. The van der Waals surface area contributed by atoms with E-state index in [1.54, 1.807) is 0 Å². The van der Waals surface area contributed by atoms with Crippen molar-refractivity contribution in [1.82, 2.24) is 4.90 Å². The molecule has 0 saturated carbocycles. The van der Waals surface area contributed by atoms with Gasteiger partial charge in [-0.25, -0.2) is 0 Å². The van der Waals surface area contributed by atoms with Crippen LogP contribution in [0.15, 0.2) is 0 Å². The molecule has 0 rings (SSSR count). The van der Waals surface area contributed by atoms with E-state index in [9.17, 15) is 4.79 Å². The number of carbonyl (C=O) groups is 1. The molecule has 0 aromatic carbocycles. The molecule has 0 aromatic heterocycles. The van der Waals surface area contributed by atoms with E-state index in [2.05, 4.69) is 6.92 Å². The number of carbonyl (C=O) groups excluding carboxylic acids is 1.